The zero-order chi connectivity index (χ0) is 16.7. The monoisotopic (exact) mass is 337 g/mol. The molecule has 2 N–H and O–H groups in total. The lowest BCUT2D eigenvalue weighted by Gasteiger charge is -2.06. The number of nitrogens with zero attached hydrogens (tertiary/aromatic N) is 2. The minimum atomic E-state index is -0.358. The van der Waals surface area contributed by atoms with Crippen molar-refractivity contribution in [1.82, 2.24) is 9.38 Å². The van der Waals surface area contributed by atoms with Gasteiger partial charge in [-0.25, -0.2) is 9.78 Å². The van der Waals surface area contributed by atoms with Gasteiger partial charge in [0.1, 0.15) is 5.82 Å². The Balaban J connectivity index is 1.92. The molecule has 0 aliphatic carbocycles. The quantitative estimate of drug-likeness (QED) is 0.574. The van der Waals surface area contributed by atoms with Crippen LogP contribution in [0, 0.1) is 0 Å². The van der Waals surface area contributed by atoms with E-state index in [4.69, 9.17) is 10.5 Å². The molecule has 0 aliphatic heterocycles. The van der Waals surface area contributed by atoms with Gasteiger partial charge in [-0.15, -0.1) is 0 Å². The van der Waals surface area contributed by atoms with E-state index in [9.17, 15) is 4.79 Å². The summed E-state index contributed by atoms with van der Waals surface area (Å²) in [6, 6.07) is 9.84. The number of rotatable bonds is 3. The van der Waals surface area contributed by atoms with Crippen molar-refractivity contribution in [2.45, 2.75) is 6.92 Å². The lowest BCUT2D eigenvalue weighted by molar-refractivity contribution is 0.0526. The van der Waals surface area contributed by atoms with Crippen LogP contribution >= 0.6 is 11.3 Å². The van der Waals surface area contributed by atoms with Crippen molar-refractivity contribution in [1.29, 1.82) is 0 Å². The molecule has 1 aromatic carbocycles. The Bertz CT molecular complexity index is 1050. The van der Waals surface area contributed by atoms with Gasteiger partial charge < -0.3 is 14.9 Å². The number of nitrogens with two attached hydrogens (primary N) is 1. The van der Waals surface area contributed by atoms with Crippen molar-refractivity contribution in [3.63, 3.8) is 0 Å². The Morgan fingerprint density at radius 2 is 2.12 bits per heavy atom. The zero-order valence-corrected chi connectivity index (χ0v) is 13.8. The number of benzene rings is 1. The molecule has 0 aliphatic rings. The molecule has 6 heteroatoms. The predicted octanol–water partition coefficient (Wildman–Crippen LogP) is 3.97. The molecule has 120 valence electrons. The third-order valence-electron chi connectivity index (χ3n) is 3.92. The summed E-state index contributed by atoms with van der Waals surface area (Å²) in [4.78, 5) is 16.5. The highest BCUT2D eigenvalue weighted by Gasteiger charge is 2.14. The van der Waals surface area contributed by atoms with Gasteiger partial charge in [0.15, 0.2) is 0 Å². The van der Waals surface area contributed by atoms with Gasteiger partial charge in [0, 0.05) is 6.20 Å². The fraction of sp³-hybridized carbons (Fsp3) is 0.111. The van der Waals surface area contributed by atoms with Gasteiger partial charge in [0.05, 0.1) is 28.7 Å². The first kappa shape index (κ1) is 14.7. The van der Waals surface area contributed by atoms with E-state index in [1.807, 2.05) is 28.0 Å². The van der Waals surface area contributed by atoms with E-state index in [1.54, 1.807) is 30.5 Å². The van der Waals surface area contributed by atoms with E-state index < -0.39 is 0 Å². The van der Waals surface area contributed by atoms with Gasteiger partial charge in [-0.3, -0.25) is 0 Å². The molecule has 0 spiro atoms. The molecule has 3 aromatic heterocycles. The zero-order valence-electron chi connectivity index (χ0n) is 13.0. The highest BCUT2D eigenvalue weighted by molar-refractivity contribution is 7.08. The standard InChI is InChI=1S/C18H15N3O2S/c1-2-23-18(22)13-8-16-17(19)20-14-7-11(12-5-6-24-10-12)3-4-15(14)21(16)9-13/h3-10H,2H2,1H3,(H2,19,20). The molecule has 0 radical (unpaired) electrons. The van der Waals surface area contributed by atoms with Gasteiger partial charge in [-0.1, -0.05) is 6.07 Å². The Morgan fingerprint density at radius 3 is 2.88 bits per heavy atom. The first-order valence-electron chi connectivity index (χ1n) is 7.58. The smallest absolute Gasteiger partial charge is 0.339 e. The van der Waals surface area contributed by atoms with Gasteiger partial charge in [0.2, 0.25) is 0 Å². The molecular weight excluding hydrogens is 322 g/mol. The van der Waals surface area contributed by atoms with Crippen LogP contribution in [0.3, 0.4) is 0 Å². The molecule has 0 unspecified atom stereocenters. The third-order valence-corrected chi connectivity index (χ3v) is 4.61. The molecule has 5 nitrogen and oxygen atoms in total. The number of carbonyl (C=O) groups is 1. The second-order valence-electron chi connectivity index (χ2n) is 5.42. The Kier molecular flexibility index (Phi) is 3.46. The summed E-state index contributed by atoms with van der Waals surface area (Å²) in [5, 5.41) is 4.14. The number of thiophene rings is 1. The van der Waals surface area contributed by atoms with Crippen LogP contribution in [0.2, 0.25) is 0 Å². The molecule has 0 bridgehead atoms. The molecule has 3 heterocycles. The predicted molar refractivity (Wildman–Crippen MR) is 96.4 cm³/mol. The Morgan fingerprint density at radius 1 is 1.25 bits per heavy atom. The van der Waals surface area contributed by atoms with Crippen LogP contribution in [0.4, 0.5) is 5.82 Å². The lowest BCUT2D eigenvalue weighted by Crippen LogP contribution is -2.02. The fourth-order valence-corrected chi connectivity index (χ4v) is 3.46. The van der Waals surface area contributed by atoms with E-state index in [0.717, 1.165) is 22.2 Å². The Labute approximate surface area is 142 Å². The molecule has 0 atom stereocenters. The second kappa shape index (κ2) is 5.65. The number of aromatic nitrogens is 2. The van der Waals surface area contributed by atoms with Crippen LogP contribution in [-0.2, 0) is 4.74 Å². The number of fused-ring (bicyclic) bond motifs is 3. The summed E-state index contributed by atoms with van der Waals surface area (Å²) in [7, 11) is 0. The third kappa shape index (κ3) is 2.32. The van der Waals surface area contributed by atoms with Crippen molar-refractivity contribution in [3.05, 3.63) is 52.9 Å². The average Bonchev–Trinajstić information content (AvgIpc) is 3.25. The summed E-state index contributed by atoms with van der Waals surface area (Å²) in [6.07, 6.45) is 1.75. The molecule has 0 saturated heterocycles. The van der Waals surface area contributed by atoms with Crippen LogP contribution in [-0.4, -0.2) is 22.0 Å². The Hall–Kier alpha value is -2.86. The van der Waals surface area contributed by atoms with E-state index in [2.05, 4.69) is 16.4 Å². The molecule has 0 saturated carbocycles. The van der Waals surface area contributed by atoms with Gasteiger partial charge in [-0.05, 0) is 53.1 Å². The molecule has 24 heavy (non-hydrogen) atoms. The van der Waals surface area contributed by atoms with Crippen LogP contribution in [0.25, 0.3) is 27.7 Å². The minimum Gasteiger partial charge on any atom is -0.462 e. The maximum absolute atomic E-state index is 12.0. The van der Waals surface area contributed by atoms with Gasteiger partial charge >= 0.3 is 5.97 Å². The normalized spacial score (nSPS) is 11.2. The van der Waals surface area contributed by atoms with E-state index >= 15 is 0 Å². The molecule has 4 aromatic rings. The highest BCUT2D eigenvalue weighted by atomic mass is 32.1. The SMILES string of the molecule is CCOC(=O)c1cc2c(N)nc3cc(-c4ccsc4)ccc3n2c1. The van der Waals surface area contributed by atoms with Crippen LogP contribution in [0.1, 0.15) is 17.3 Å². The fourth-order valence-electron chi connectivity index (χ4n) is 2.80. The van der Waals surface area contributed by atoms with Gasteiger partial charge in [0.25, 0.3) is 0 Å². The summed E-state index contributed by atoms with van der Waals surface area (Å²) >= 11 is 1.65. The van der Waals surface area contributed by atoms with E-state index in [0.29, 0.717) is 23.5 Å². The average molecular weight is 337 g/mol. The van der Waals surface area contributed by atoms with Crippen molar-refractivity contribution >= 4 is 39.7 Å². The topological polar surface area (TPSA) is 69.6 Å². The first-order chi connectivity index (χ1) is 11.7. The van der Waals surface area contributed by atoms with Crippen LogP contribution < -0.4 is 5.73 Å². The summed E-state index contributed by atoms with van der Waals surface area (Å²) in [5.74, 6) is 0.0316. The van der Waals surface area contributed by atoms with Crippen LogP contribution in [0.5, 0.6) is 0 Å². The van der Waals surface area contributed by atoms with E-state index in [-0.39, 0.29) is 5.97 Å². The van der Waals surface area contributed by atoms with Crippen molar-refractivity contribution in [2.75, 3.05) is 12.3 Å². The highest BCUT2D eigenvalue weighted by Crippen LogP contribution is 2.28. The maximum atomic E-state index is 12.0. The largest absolute Gasteiger partial charge is 0.462 e. The summed E-state index contributed by atoms with van der Waals surface area (Å²) in [5.41, 5.74) is 11.2. The second-order valence-corrected chi connectivity index (χ2v) is 6.20. The summed E-state index contributed by atoms with van der Waals surface area (Å²) < 4.78 is 6.96. The minimum absolute atomic E-state index is 0.337. The molecular formula is C18H15N3O2S. The number of ether oxygens (including phenoxy) is 1. The number of hydrogen-bond donors (Lipinski definition) is 1. The number of anilines is 1. The van der Waals surface area contributed by atoms with Crippen LogP contribution in [0.15, 0.2) is 47.3 Å². The van der Waals surface area contributed by atoms with E-state index in [1.165, 1.54) is 0 Å². The number of nitrogen functional groups attached to an aromatic ring is 1. The number of carbonyl (C=O) groups excluding carboxylic acids is 1. The number of hydrogen-bond acceptors (Lipinski definition) is 5. The lowest BCUT2D eigenvalue weighted by atomic mass is 10.1. The number of esters is 1. The maximum Gasteiger partial charge on any atom is 0.339 e. The molecule has 4 rings (SSSR count). The first-order valence-corrected chi connectivity index (χ1v) is 8.52. The van der Waals surface area contributed by atoms with Crippen molar-refractivity contribution < 1.29 is 9.53 Å². The molecule has 0 amide bonds. The van der Waals surface area contributed by atoms with Gasteiger partial charge in [-0.2, -0.15) is 11.3 Å². The van der Waals surface area contributed by atoms with Crippen molar-refractivity contribution in [3.8, 4) is 11.1 Å². The molecule has 0 fully saturated rings. The summed E-state index contributed by atoms with van der Waals surface area (Å²) in [6.45, 7) is 2.12. The van der Waals surface area contributed by atoms with Crippen molar-refractivity contribution in [2.24, 2.45) is 0 Å².